The lowest BCUT2D eigenvalue weighted by Gasteiger charge is -2.17. The van der Waals surface area contributed by atoms with E-state index in [2.05, 4.69) is 86.9 Å². The van der Waals surface area contributed by atoms with E-state index in [0.29, 0.717) is 117 Å². The summed E-state index contributed by atoms with van der Waals surface area (Å²) in [5, 5.41) is 16.7. The topological polar surface area (TPSA) is 428 Å². The molecule has 0 spiro atoms. The Labute approximate surface area is 795 Å². The van der Waals surface area contributed by atoms with Crippen LogP contribution >= 0.6 is 0 Å². The molecular weight excluding hydrogens is 1740 g/mol. The number of unbranched alkanes of at least 4 members (excludes halogenated alkanes) is 14. The Morgan fingerprint density at radius 1 is 0.326 bits per heavy atom. The van der Waals surface area contributed by atoms with Crippen molar-refractivity contribution in [2.24, 2.45) is 124 Å². The normalized spacial score (nSPS) is 28.5. The molecule has 23 unspecified atom stereocenters. The first-order valence-corrected chi connectivity index (χ1v) is 50.0. The summed E-state index contributed by atoms with van der Waals surface area (Å²) in [6, 6.07) is 0. The number of nitrogens with zero attached hydrogens (tertiary/aromatic N) is 4. The molecule has 10 bridgehead atoms. The van der Waals surface area contributed by atoms with Crippen molar-refractivity contribution in [3.63, 3.8) is 0 Å². The predicted molar refractivity (Wildman–Crippen MR) is 494 cm³/mol. The molecule has 0 radical (unpaired) electrons. The van der Waals surface area contributed by atoms with Gasteiger partial charge in [0.25, 0.3) is 0 Å². The molecule has 5 saturated heterocycles. The van der Waals surface area contributed by atoms with Gasteiger partial charge in [0.15, 0.2) is 18.9 Å². The van der Waals surface area contributed by atoms with Gasteiger partial charge in [0.05, 0.1) is 118 Å². The molecule has 5 saturated carbocycles. The fourth-order valence-electron chi connectivity index (χ4n) is 21.7. The largest absolute Gasteiger partial charge is 0.502 e. The zero-order valence-corrected chi connectivity index (χ0v) is 80.0. The minimum absolute atomic E-state index is 0.00455. The van der Waals surface area contributed by atoms with Gasteiger partial charge >= 0.3 is 41.8 Å². The lowest BCUT2D eigenvalue weighted by molar-refractivity contribution is -0.178. The van der Waals surface area contributed by atoms with E-state index in [1.165, 1.54) is 44.8 Å². The molecule has 0 aromatic heterocycles. The van der Waals surface area contributed by atoms with Crippen molar-refractivity contribution in [2.75, 3.05) is 72.4 Å². The maximum atomic E-state index is 12.8. The molecule has 4 N–H and O–H groups in total. The van der Waals surface area contributed by atoms with Crippen LogP contribution in [0.3, 0.4) is 0 Å². The van der Waals surface area contributed by atoms with Crippen LogP contribution in [-0.4, -0.2) is 210 Å². The molecule has 748 valence electrons. The number of carboxylic acids is 2. The maximum Gasteiger partial charge on any atom is 0.318 e. The average molecular weight is 1890 g/mol. The quantitative estimate of drug-likeness (QED) is 0.00744. The van der Waals surface area contributed by atoms with Gasteiger partial charge in [0.1, 0.15) is 0 Å². The fourth-order valence-corrected chi connectivity index (χ4v) is 21.7. The number of hydrogen-bond donors (Lipinski definition) is 3. The third kappa shape index (κ3) is 30.6. The second-order valence-corrected chi connectivity index (χ2v) is 37.7. The van der Waals surface area contributed by atoms with Crippen LogP contribution in [0, 0.1) is 118 Å². The van der Waals surface area contributed by atoms with Gasteiger partial charge in [0, 0.05) is 58.3 Å². The van der Waals surface area contributed by atoms with Crippen LogP contribution < -0.4 is 5.73 Å². The molecule has 0 aromatic carbocycles. The Hall–Kier alpha value is -9.79. The number of fused-ring (bicyclic) bond motifs is 25. The summed E-state index contributed by atoms with van der Waals surface area (Å²) in [5.74, 6) is -2.05. The number of carbonyl (C=O) groups excluding carboxylic acids is 13. The number of nitrogens with two attached hydrogens (primary N) is 1. The summed E-state index contributed by atoms with van der Waals surface area (Å²) >= 11 is 0. The van der Waals surface area contributed by atoms with Crippen LogP contribution in [0.4, 0.5) is 0 Å². The molecule has 23 atom stereocenters. The molecule has 15 aliphatic rings. The van der Waals surface area contributed by atoms with Gasteiger partial charge < -0.3 is 63.3 Å². The van der Waals surface area contributed by atoms with Gasteiger partial charge in [-0.2, -0.15) is 0 Å². The van der Waals surface area contributed by atoms with E-state index in [1.807, 2.05) is 12.2 Å². The Bertz CT molecular complexity index is 3930. The van der Waals surface area contributed by atoms with Crippen molar-refractivity contribution in [2.45, 2.75) is 265 Å². The number of amides is 8. The van der Waals surface area contributed by atoms with Gasteiger partial charge in [-0.25, -0.2) is 0 Å². The molecule has 0 aromatic rings. The Morgan fingerprint density at radius 2 is 0.541 bits per heavy atom. The van der Waals surface area contributed by atoms with Crippen LogP contribution in [0.5, 0.6) is 0 Å². The molecule has 32 nitrogen and oxygen atoms in total. The minimum atomic E-state index is -0.796. The monoisotopic (exact) mass is 1890 g/mol. The van der Waals surface area contributed by atoms with Crippen molar-refractivity contribution in [1.82, 2.24) is 19.6 Å². The van der Waals surface area contributed by atoms with Crippen LogP contribution in [0.2, 0.25) is 0 Å². The molecular formula is C103H149N5O27. The predicted octanol–water partition coefficient (Wildman–Crippen LogP) is 13.9. The van der Waals surface area contributed by atoms with Crippen molar-refractivity contribution >= 4 is 89.0 Å². The van der Waals surface area contributed by atoms with Crippen molar-refractivity contribution in [1.29, 1.82) is 0 Å². The number of allylic oxidation sites excluding steroid dienone is 10. The Kier molecular flexibility index (Phi) is 45.3. The highest BCUT2D eigenvalue weighted by Crippen LogP contribution is 2.57. The number of esters is 5. The average Bonchev–Trinajstić information content (AvgIpc) is 1.60. The first-order valence-electron chi connectivity index (χ1n) is 50.0. The summed E-state index contributed by atoms with van der Waals surface area (Å²) in [5.41, 5.74) is 5.20. The lowest BCUT2D eigenvalue weighted by Crippen LogP contribution is -2.33. The molecule has 10 aliphatic carbocycles. The first kappa shape index (κ1) is 109. The molecule has 15 rings (SSSR count). The third-order valence-electron chi connectivity index (χ3n) is 28.3. The summed E-state index contributed by atoms with van der Waals surface area (Å²) in [6.07, 6.45) is 48.0. The number of aliphatic carboxylic acids is 2. The van der Waals surface area contributed by atoms with E-state index < -0.39 is 30.8 Å². The highest BCUT2D eigenvalue weighted by atomic mass is 16.7. The van der Waals surface area contributed by atoms with Crippen LogP contribution in [0.15, 0.2) is 99.3 Å². The van der Waals surface area contributed by atoms with Gasteiger partial charge in [-0.05, 0) is 221 Å². The van der Waals surface area contributed by atoms with Crippen molar-refractivity contribution in [3.05, 3.63) is 99.3 Å². The van der Waals surface area contributed by atoms with Gasteiger partial charge in [-0.15, -0.1) is 0 Å². The number of rotatable bonds is 54. The SMILES string of the molecule is C=COCCCC.C=COCCCCOC=C.CC(OCCCCOC(C)OC(=O)CCCCCN1C(=O)C2C3C=CC(C3)C2C1=O)OC(=O)CCCCCN1C(=O)C2C3C=CC(C3)C2C1=O.CCCCOC(C)OC(=O)CCCCCN1C(=O)C2C3C=CC(C3)C2C1=O.NCCCCCC(=O)O.O=C(O)CCCCCN1C(=O)C2C3C=CC(C3)C2C1=O.O=C1OC(=O)C2C3C=CC(C3)C12. The molecule has 8 amide bonds. The summed E-state index contributed by atoms with van der Waals surface area (Å²) in [7, 11) is 0. The summed E-state index contributed by atoms with van der Waals surface area (Å²) in [6.45, 7) is 25.6. The molecule has 10 fully saturated rings. The molecule has 32 heteroatoms. The molecule has 135 heavy (non-hydrogen) atoms. The fraction of sp³-hybridized carbons (Fsp3) is 0.699. The third-order valence-corrected chi connectivity index (χ3v) is 28.3. The summed E-state index contributed by atoms with van der Waals surface area (Å²) in [4.78, 5) is 186. The number of likely N-dealkylation sites (tertiary alicyclic amines) is 4. The van der Waals surface area contributed by atoms with Gasteiger partial charge in [0.2, 0.25) is 47.3 Å². The van der Waals surface area contributed by atoms with Crippen LogP contribution in [0.25, 0.3) is 0 Å². The van der Waals surface area contributed by atoms with E-state index in [0.717, 1.165) is 135 Å². The lowest BCUT2D eigenvalue weighted by atomic mass is 9.85. The second kappa shape index (κ2) is 56.2. The van der Waals surface area contributed by atoms with E-state index >= 15 is 0 Å². The highest BCUT2D eigenvalue weighted by molar-refractivity contribution is 6.09. The molecule has 5 aliphatic heterocycles. The zero-order chi connectivity index (χ0) is 97.6. The number of imide groups is 4. The number of carboxylic acid groups (broad SMARTS) is 2. The zero-order valence-electron chi connectivity index (χ0n) is 80.0. The van der Waals surface area contributed by atoms with Crippen molar-refractivity contribution in [3.8, 4) is 0 Å². The maximum absolute atomic E-state index is 12.8. The van der Waals surface area contributed by atoms with Crippen LogP contribution in [-0.2, 0) is 119 Å². The molecule has 5 heterocycles. The van der Waals surface area contributed by atoms with E-state index in [-0.39, 0.29) is 221 Å². The Balaban J connectivity index is 0.000000201. The van der Waals surface area contributed by atoms with Gasteiger partial charge in [-0.1, -0.05) is 139 Å². The number of carbonyl (C=O) groups is 15. The van der Waals surface area contributed by atoms with E-state index in [4.69, 9.17) is 58.6 Å². The second-order valence-electron chi connectivity index (χ2n) is 37.7. The summed E-state index contributed by atoms with van der Waals surface area (Å²) < 4.78 is 51.7. The van der Waals surface area contributed by atoms with Crippen LogP contribution in [0.1, 0.15) is 247 Å². The van der Waals surface area contributed by atoms with Crippen molar-refractivity contribution < 1.29 is 129 Å². The van der Waals surface area contributed by atoms with E-state index in [9.17, 15) is 71.9 Å². The highest BCUT2D eigenvalue weighted by Gasteiger charge is 2.63. The smallest absolute Gasteiger partial charge is 0.318 e. The number of hydrogen-bond acceptors (Lipinski definition) is 26. The Morgan fingerprint density at radius 3 is 0.778 bits per heavy atom. The van der Waals surface area contributed by atoms with E-state index in [1.54, 1.807) is 20.8 Å². The number of ether oxygens (including phenoxy) is 10. The first-order chi connectivity index (χ1) is 65.1. The van der Waals surface area contributed by atoms with Gasteiger partial charge in [-0.3, -0.25) is 91.5 Å². The standard InChI is InChI=1S/C38H52N2O10.C21H31NO5.C15H19NO4.C9H8O3.C8H14O2.C6H13NO2.C6H12O/c1-23(49-29(41)11-5-3-7-17-39-35(43)31-25-13-14-26(21-25)32(31)36(39)44)47-19-9-10-20-48-24(2)50-30(42)12-6-4-8-18-40-37(45)33-27-15-16-28(22-27)34(33)38(40)46;1-3-4-12-26-14(2)27-17(23)8-6-5-7-11-22-20(24)18-15-9-10-16(13-15)19(18)21(22)25;17-11(18)4-2-1-3-7-16-14(19)12-9-5-6-10(8-9)13(12)15(16)20;10-8-6-4-1-2-5(3-4)7(6)9(11)12-8;1-3-9-7-5-6-8-10-4-2;7-5-3-1-2-4-6(8)9;1-3-5-6-7-4-2/h13-16,23-28,31-34H,3-12,17-22H2,1-2H3;9-10,14-16,18-19H,3-8,11-13H2,1-2H3;5-6,9-10,12-13H,1-4,7-8H2,(H,17,18);1-2,4-7H,3H2;3-4H,1-2,5-8H2;1-5,7H2,(H,8,9);4H,2-3,5-6H2,1H3. The minimum Gasteiger partial charge on any atom is -0.502 e. The number of cyclic esters (lactones) is 2.